The molecule has 0 spiro atoms. The zero-order chi connectivity index (χ0) is 62.6. The number of aromatic nitrogens is 1. The largest absolute Gasteiger partial charge is 0.499 e. The molecule has 0 radical (unpaired) electrons. The van der Waals surface area contributed by atoms with Crippen molar-refractivity contribution < 1.29 is 93.1 Å². The summed E-state index contributed by atoms with van der Waals surface area (Å²) in [5.74, 6) is -15.9. The number of esters is 1. The number of alkyl halides is 6. The van der Waals surface area contributed by atoms with E-state index in [1.165, 1.54) is 10.6 Å². The summed E-state index contributed by atoms with van der Waals surface area (Å²) in [6.45, 7) is 8.25. The molecule has 3 amide bonds. The number of unbranched alkanes of at least 4 members (excludes halogenated alkanes) is 1. The van der Waals surface area contributed by atoms with E-state index in [9.17, 15) is 76.0 Å². The Kier molecular flexibility index (Phi) is 20.5. The molecule has 450 valence electrons. The molecule has 4 aromatic rings. The summed E-state index contributed by atoms with van der Waals surface area (Å²) < 4.78 is 218. The van der Waals surface area contributed by atoms with Crippen LogP contribution in [0.1, 0.15) is 96.4 Å². The van der Waals surface area contributed by atoms with Crippen molar-refractivity contribution in [2.24, 2.45) is 28.6 Å². The Morgan fingerprint density at radius 2 is 1.30 bits per heavy atom. The molecular formula is C52H52F10N6O11S4. The molecule has 0 bridgehead atoms. The number of rotatable bonds is 22. The second-order valence-corrected chi connectivity index (χ2v) is 27.5. The normalized spacial score (nSPS) is 14.2. The summed E-state index contributed by atoms with van der Waals surface area (Å²) in [5, 5.41) is 16.1. The molecule has 1 aliphatic heterocycles. The number of aliphatic imine (C=N–C) groups is 1. The van der Waals surface area contributed by atoms with Crippen molar-refractivity contribution in [2.75, 3.05) is 17.7 Å². The minimum Gasteiger partial charge on any atom is -0.465 e. The maximum atomic E-state index is 15.5. The second kappa shape index (κ2) is 25.4. The lowest BCUT2D eigenvalue weighted by atomic mass is 9.77. The molecule has 3 aromatic carbocycles. The van der Waals surface area contributed by atoms with E-state index in [1.54, 1.807) is 102 Å². The number of anilines is 1. The number of nitrogens with two attached hydrogens (primary N) is 1. The number of carbonyl (C=O) groups excluding carboxylic acids is 4. The number of allylic oxidation sites excluding steroid dienone is 1. The van der Waals surface area contributed by atoms with Crippen molar-refractivity contribution in [1.82, 2.24) is 9.88 Å². The van der Waals surface area contributed by atoms with Gasteiger partial charge >= 0.3 is 17.0 Å². The highest BCUT2D eigenvalue weighted by Gasteiger charge is 2.69. The number of nitriles is 1. The number of amidine groups is 1. The van der Waals surface area contributed by atoms with Crippen LogP contribution in [0.2, 0.25) is 0 Å². The highest BCUT2D eigenvalue weighted by Crippen LogP contribution is 2.45. The van der Waals surface area contributed by atoms with Gasteiger partial charge in [-0.3, -0.25) is 19.2 Å². The Morgan fingerprint density at radius 3 is 1.77 bits per heavy atom. The van der Waals surface area contributed by atoms with E-state index in [4.69, 9.17) is 10.5 Å². The third kappa shape index (κ3) is 13.7. The third-order valence-electron chi connectivity index (χ3n) is 13.1. The van der Waals surface area contributed by atoms with E-state index in [1.807, 2.05) is 0 Å². The number of nitrogens with one attached hydrogen (secondary N) is 2. The van der Waals surface area contributed by atoms with E-state index in [0.717, 1.165) is 0 Å². The fourth-order valence-electron chi connectivity index (χ4n) is 8.57. The van der Waals surface area contributed by atoms with Gasteiger partial charge in [-0.1, -0.05) is 74.5 Å². The molecule has 4 N–H and O–H groups in total. The van der Waals surface area contributed by atoms with Gasteiger partial charge in [-0.2, -0.15) is 31.6 Å². The van der Waals surface area contributed by atoms with Crippen LogP contribution >= 0.6 is 11.8 Å². The third-order valence-corrected chi connectivity index (χ3v) is 22.5. The number of carbonyl (C=O) groups is 4. The molecule has 17 nitrogen and oxygen atoms in total. The van der Waals surface area contributed by atoms with Crippen molar-refractivity contribution in [2.45, 2.75) is 104 Å². The molecule has 1 aliphatic rings. The Morgan fingerprint density at radius 1 is 0.783 bits per heavy atom. The Labute approximate surface area is 474 Å². The lowest BCUT2D eigenvalue weighted by Gasteiger charge is -2.30. The van der Waals surface area contributed by atoms with E-state index in [-0.39, 0.29) is 90.2 Å². The van der Waals surface area contributed by atoms with Gasteiger partial charge in [0.1, 0.15) is 28.2 Å². The minimum atomic E-state index is -8.15. The van der Waals surface area contributed by atoms with Crippen molar-refractivity contribution >= 4 is 88.3 Å². The number of primary amides is 1. The molecule has 31 heteroatoms. The number of ether oxygens (including phenoxy) is 1. The first kappa shape index (κ1) is 66.8. The molecule has 5 rings (SSSR count). The zero-order valence-corrected chi connectivity index (χ0v) is 47.9. The van der Waals surface area contributed by atoms with Gasteiger partial charge in [-0.05, 0) is 82.3 Å². The van der Waals surface area contributed by atoms with Gasteiger partial charge in [0.2, 0.25) is 21.7 Å². The van der Waals surface area contributed by atoms with Gasteiger partial charge in [0, 0.05) is 30.0 Å². The molecule has 0 atom stereocenters. The molecule has 0 aliphatic carbocycles. The predicted molar refractivity (Wildman–Crippen MR) is 285 cm³/mol. The van der Waals surface area contributed by atoms with E-state index in [2.05, 4.69) is 21.7 Å². The molecule has 0 saturated heterocycles. The quantitative estimate of drug-likeness (QED) is 0.0218. The van der Waals surface area contributed by atoms with E-state index in [0.29, 0.717) is 29.5 Å². The van der Waals surface area contributed by atoms with E-state index >= 15 is 17.6 Å². The maximum absolute atomic E-state index is 15.5. The fraction of sp³-hybridized carbons (Fsp3) is 0.385. The number of halogens is 10. The highest BCUT2D eigenvalue weighted by molar-refractivity contribution is 8.24. The summed E-state index contributed by atoms with van der Waals surface area (Å²) in [5.41, 5.74) is -9.23. The van der Waals surface area contributed by atoms with Crippen LogP contribution in [-0.2, 0) is 60.5 Å². The van der Waals surface area contributed by atoms with Crippen molar-refractivity contribution in [3.8, 4) is 17.2 Å². The van der Waals surface area contributed by atoms with E-state index < -0.39 is 118 Å². The van der Waals surface area contributed by atoms with Crippen LogP contribution in [0, 0.1) is 45.4 Å². The number of benzene rings is 3. The highest BCUT2D eigenvalue weighted by atomic mass is 32.3. The van der Waals surface area contributed by atoms with Crippen molar-refractivity contribution in [1.29, 1.82) is 5.26 Å². The van der Waals surface area contributed by atoms with Crippen LogP contribution in [-0.4, -0.2) is 86.6 Å². The number of nitrogens with zero attached hydrogens (tertiary/aromatic N) is 3. The molecule has 0 fully saturated rings. The van der Waals surface area contributed by atoms with Gasteiger partial charge < -0.3 is 25.7 Å². The fourth-order valence-corrected chi connectivity index (χ4v) is 16.7. The van der Waals surface area contributed by atoms with Crippen LogP contribution in [0.5, 0.6) is 0 Å². The smallest absolute Gasteiger partial charge is 0.465 e. The zero-order valence-electron chi connectivity index (χ0n) is 44.6. The SMILES string of the molecule is CCC(CC)(CCCSc1c(F)c(F)c(S(=O)(=O)C(S(=O)(=O)C(F)(F)F)S(=O)(=O)C(F)(F)F)c(F)c1F)C(=O)NC1=N/C(=C\c2c(-c3ccccc3)c(C#N)c(NC(=O)CCCCOC(=O)C(C)(C)C)n2C)C(c2ccccc2)=C1C(N)=O. The van der Waals surface area contributed by atoms with Crippen LogP contribution in [0.15, 0.2) is 86.7 Å². The van der Waals surface area contributed by atoms with Crippen LogP contribution in [0.3, 0.4) is 0 Å². The lowest BCUT2D eigenvalue weighted by molar-refractivity contribution is -0.153. The average Bonchev–Trinajstić information content (AvgIpc) is 3.91. The number of amides is 3. The summed E-state index contributed by atoms with van der Waals surface area (Å²) >= 11 is -0.140. The monoisotopic (exact) mass is 1250 g/mol. The average molecular weight is 1260 g/mol. The summed E-state index contributed by atoms with van der Waals surface area (Å²) in [4.78, 5) is 53.2. The Bertz CT molecular complexity index is 3630. The minimum absolute atomic E-state index is 0.0158. The number of thioether (sulfide) groups is 1. The molecular weight excluding hydrogens is 1200 g/mol. The van der Waals surface area contributed by atoms with Crippen LogP contribution in [0.4, 0.5) is 49.7 Å². The standard InChI is InChI=1S/C52H52F10N6O11S4/c1-7-50(8-2,23-17-25-80-41-37(53)39(55)42(40(56)38(41)54)81(73,74)48(82(75,76)51(57,58)59)83(77,78)52(60,61)62)46(71)67-44-36(43(64)70)35(29-20-13-10-14-21-29)31(65-44)26-32-34(28-18-11-9-12-19-28)30(27-63)45(68(32)6)66-33(69)22-15-16-24-79-47(72)49(3,4)5/h9-14,18-21,26,48H,7-8,15-17,22-25H2,1-6H3,(H2,64,70)(H,66,69)(H,65,67,71)/b31-26-. The maximum Gasteiger partial charge on any atom is 0.499 e. The number of hydrogen-bond donors (Lipinski definition) is 3. The molecule has 0 saturated carbocycles. The van der Waals surface area contributed by atoms with Crippen molar-refractivity contribution in [3.63, 3.8) is 0 Å². The topological polar surface area (TPSA) is 271 Å². The Balaban J connectivity index is 1.51. The molecule has 0 unspecified atom stereocenters. The molecule has 2 heterocycles. The number of sulfone groups is 3. The summed E-state index contributed by atoms with van der Waals surface area (Å²) in [6.07, 6.45) is 1.49. The molecule has 83 heavy (non-hydrogen) atoms. The Hall–Kier alpha value is -7.04. The first-order valence-corrected chi connectivity index (χ1v) is 30.2. The van der Waals surface area contributed by atoms with Gasteiger partial charge in [-0.25, -0.2) is 47.8 Å². The second-order valence-electron chi connectivity index (χ2n) is 19.5. The molecule has 1 aromatic heterocycles. The predicted octanol–water partition coefficient (Wildman–Crippen LogP) is 9.93. The van der Waals surface area contributed by atoms with Gasteiger partial charge in [0.05, 0.1) is 33.9 Å². The van der Waals surface area contributed by atoms with Gasteiger partial charge in [0.25, 0.3) is 29.5 Å². The van der Waals surface area contributed by atoms with Crippen molar-refractivity contribution in [3.05, 3.63) is 112 Å². The summed E-state index contributed by atoms with van der Waals surface area (Å²) in [6, 6.07) is 18.8. The van der Waals surface area contributed by atoms with Crippen LogP contribution < -0.4 is 16.4 Å². The van der Waals surface area contributed by atoms with Crippen LogP contribution in [0.25, 0.3) is 22.8 Å². The summed E-state index contributed by atoms with van der Waals surface area (Å²) in [7, 11) is -22.5. The van der Waals surface area contributed by atoms with Gasteiger partial charge in [0.15, 0.2) is 23.3 Å². The first-order valence-electron chi connectivity index (χ1n) is 24.6. The lowest BCUT2D eigenvalue weighted by Crippen LogP contribution is -2.49. The first-order chi connectivity index (χ1) is 38.4. The number of hydrogen-bond acceptors (Lipinski definition) is 14. The van der Waals surface area contributed by atoms with Gasteiger partial charge in [-0.15, -0.1) is 11.8 Å².